The molecular weight excluding hydrogens is 240 g/mol. The Labute approximate surface area is 113 Å². The molecule has 0 bridgehead atoms. The van der Waals surface area contributed by atoms with Gasteiger partial charge >= 0.3 is 0 Å². The monoisotopic (exact) mass is 260 g/mol. The molecule has 18 heavy (non-hydrogen) atoms. The fourth-order valence-corrected chi connectivity index (χ4v) is 2.83. The van der Waals surface area contributed by atoms with Gasteiger partial charge in [0, 0.05) is 17.4 Å². The third-order valence-electron chi connectivity index (χ3n) is 3.09. The van der Waals surface area contributed by atoms with Crippen molar-refractivity contribution in [3.63, 3.8) is 0 Å². The van der Waals surface area contributed by atoms with E-state index in [0.29, 0.717) is 0 Å². The Morgan fingerprint density at radius 2 is 1.83 bits per heavy atom. The first-order valence-corrected chi connectivity index (χ1v) is 7.54. The second kappa shape index (κ2) is 5.19. The van der Waals surface area contributed by atoms with Crippen LogP contribution in [0.15, 0.2) is 36.5 Å². The number of aryl methyl sites for hydroxylation is 1. The van der Waals surface area contributed by atoms with E-state index in [1.807, 2.05) is 22.6 Å². The van der Waals surface area contributed by atoms with E-state index in [1.54, 1.807) is 0 Å². The maximum absolute atomic E-state index is 4.70. The third-order valence-corrected chi connectivity index (χ3v) is 4.10. The van der Waals surface area contributed by atoms with Crippen molar-refractivity contribution >= 4 is 11.8 Å². The molecule has 0 unspecified atom stereocenters. The number of hydrogen-bond acceptors (Lipinski definition) is 2. The Bertz CT molecular complexity index is 512. The van der Waals surface area contributed by atoms with Gasteiger partial charge in [0.1, 0.15) is 0 Å². The highest BCUT2D eigenvalue weighted by Gasteiger charge is 2.22. The normalized spacial score (nSPS) is 11.8. The van der Waals surface area contributed by atoms with Crippen LogP contribution in [0.3, 0.4) is 0 Å². The molecule has 0 saturated carbocycles. The summed E-state index contributed by atoms with van der Waals surface area (Å²) in [4.78, 5) is 0. The van der Waals surface area contributed by atoms with Crippen LogP contribution in [0.2, 0.25) is 0 Å². The molecule has 0 atom stereocenters. The first kappa shape index (κ1) is 13.2. The van der Waals surface area contributed by atoms with Crippen molar-refractivity contribution in [1.82, 2.24) is 9.78 Å². The van der Waals surface area contributed by atoms with E-state index < -0.39 is 0 Å². The number of thioether (sulfide) groups is 1. The summed E-state index contributed by atoms with van der Waals surface area (Å²) >= 11 is 1.86. The molecule has 2 rings (SSSR count). The summed E-state index contributed by atoms with van der Waals surface area (Å²) < 4.78 is 1.96. The van der Waals surface area contributed by atoms with Gasteiger partial charge in [0.05, 0.1) is 11.4 Å². The summed E-state index contributed by atoms with van der Waals surface area (Å²) in [5.41, 5.74) is 3.66. The first-order chi connectivity index (χ1) is 8.53. The summed E-state index contributed by atoms with van der Waals surface area (Å²) in [7, 11) is 0. The lowest BCUT2D eigenvalue weighted by Crippen LogP contribution is -2.21. The van der Waals surface area contributed by atoms with Gasteiger partial charge in [-0.2, -0.15) is 16.9 Å². The largest absolute Gasteiger partial charge is 0.241 e. The molecule has 0 fully saturated rings. The van der Waals surface area contributed by atoms with Crippen LogP contribution in [0.25, 0.3) is 5.69 Å². The van der Waals surface area contributed by atoms with E-state index in [-0.39, 0.29) is 5.41 Å². The van der Waals surface area contributed by atoms with Gasteiger partial charge in [-0.25, -0.2) is 4.68 Å². The lowest BCUT2D eigenvalue weighted by Gasteiger charge is -2.20. The maximum Gasteiger partial charge on any atom is 0.0693 e. The predicted octanol–water partition coefficient (Wildman–Crippen LogP) is 3.82. The van der Waals surface area contributed by atoms with Crippen molar-refractivity contribution in [1.29, 1.82) is 0 Å². The van der Waals surface area contributed by atoms with Crippen molar-refractivity contribution in [2.75, 3.05) is 12.0 Å². The van der Waals surface area contributed by atoms with E-state index in [0.717, 1.165) is 17.1 Å². The zero-order valence-electron chi connectivity index (χ0n) is 11.5. The Balaban J connectivity index is 2.28. The van der Waals surface area contributed by atoms with Crippen LogP contribution >= 0.6 is 11.8 Å². The molecule has 0 N–H and O–H groups in total. The van der Waals surface area contributed by atoms with Crippen molar-refractivity contribution in [2.24, 2.45) is 0 Å². The van der Waals surface area contributed by atoms with Crippen LogP contribution in [0, 0.1) is 6.92 Å². The van der Waals surface area contributed by atoms with Crippen LogP contribution in [-0.4, -0.2) is 21.8 Å². The van der Waals surface area contributed by atoms with Crippen LogP contribution in [-0.2, 0) is 5.41 Å². The van der Waals surface area contributed by atoms with Gasteiger partial charge in [-0.3, -0.25) is 0 Å². The molecule has 0 radical (unpaired) electrons. The van der Waals surface area contributed by atoms with Crippen LogP contribution in [0.5, 0.6) is 0 Å². The standard InChI is InChI=1S/C15H20N2S/c1-12-5-7-13(8-6-12)17-10-9-14(16-17)15(2,3)11-18-4/h5-10H,11H2,1-4H3. The SMILES string of the molecule is CSCC(C)(C)c1ccn(-c2ccc(C)cc2)n1. The minimum absolute atomic E-state index is 0.120. The second-order valence-electron chi connectivity index (χ2n) is 5.30. The number of rotatable bonds is 4. The smallest absolute Gasteiger partial charge is 0.0693 e. The minimum atomic E-state index is 0.120. The Morgan fingerprint density at radius 1 is 1.17 bits per heavy atom. The molecule has 1 aromatic heterocycles. The maximum atomic E-state index is 4.70. The third kappa shape index (κ3) is 2.78. The zero-order valence-corrected chi connectivity index (χ0v) is 12.3. The first-order valence-electron chi connectivity index (χ1n) is 6.15. The van der Waals surface area contributed by atoms with Crippen molar-refractivity contribution in [3.8, 4) is 5.69 Å². The molecule has 0 amide bonds. The molecule has 0 spiro atoms. The number of hydrogen-bond donors (Lipinski definition) is 0. The van der Waals surface area contributed by atoms with Gasteiger partial charge in [0.15, 0.2) is 0 Å². The highest BCUT2D eigenvalue weighted by molar-refractivity contribution is 7.98. The highest BCUT2D eigenvalue weighted by Crippen LogP contribution is 2.25. The van der Waals surface area contributed by atoms with Crippen LogP contribution in [0.4, 0.5) is 0 Å². The molecule has 0 saturated heterocycles. The van der Waals surface area contributed by atoms with Gasteiger partial charge in [-0.15, -0.1) is 0 Å². The predicted molar refractivity (Wildman–Crippen MR) is 79.7 cm³/mol. The van der Waals surface area contributed by atoms with E-state index in [9.17, 15) is 0 Å². The molecule has 3 heteroatoms. The van der Waals surface area contributed by atoms with Gasteiger partial charge in [0.25, 0.3) is 0 Å². The van der Waals surface area contributed by atoms with E-state index in [2.05, 4.69) is 57.4 Å². The van der Waals surface area contributed by atoms with Crippen molar-refractivity contribution in [3.05, 3.63) is 47.8 Å². The number of aromatic nitrogens is 2. The van der Waals surface area contributed by atoms with Crippen LogP contribution in [0.1, 0.15) is 25.1 Å². The van der Waals surface area contributed by atoms with E-state index in [1.165, 1.54) is 5.56 Å². The molecule has 2 aromatic rings. The number of benzene rings is 1. The highest BCUT2D eigenvalue weighted by atomic mass is 32.2. The lowest BCUT2D eigenvalue weighted by atomic mass is 9.92. The molecular formula is C15H20N2S. The van der Waals surface area contributed by atoms with E-state index in [4.69, 9.17) is 5.10 Å². The molecule has 0 aliphatic carbocycles. The quantitative estimate of drug-likeness (QED) is 0.831. The Hall–Kier alpha value is -1.22. The zero-order chi connectivity index (χ0) is 13.2. The fourth-order valence-electron chi connectivity index (χ4n) is 1.96. The summed E-state index contributed by atoms with van der Waals surface area (Å²) in [5, 5.41) is 4.70. The Morgan fingerprint density at radius 3 is 2.44 bits per heavy atom. The molecule has 0 aliphatic heterocycles. The van der Waals surface area contributed by atoms with Gasteiger partial charge in [0.2, 0.25) is 0 Å². The summed E-state index contributed by atoms with van der Waals surface area (Å²) in [5.74, 6) is 1.08. The molecule has 2 nitrogen and oxygen atoms in total. The second-order valence-corrected chi connectivity index (χ2v) is 6.16. The topological polar surface area (TPSA) is 17.8 Å². The molecule has 96 valence electrons. The molecule has 1 heterocycles. The summed E-state index contributed by atoms with van der Waals surface area (Å²) in [6.07, 6.45) is 4.18. The Kier molecular flexibility index (Phi) is 3.81. The average Bonchev–Trinajstić information content (AvgIpc) is 2.80. The van der Waals surface area contributed by atoms with Crippen molar-refractivity contribution in [2.45, 2.75) is 26.2 Å². The average molecular weight is 260 g/mol. The minimum Gasteiger partial charge on any atom is -0.241 e. The van der Waals surface area contributed by atoms with Gasteiger partial charge < -0.3 is 0 Å². The van der Waals surface area contributed by atoms with Gasteiger partial charge in [-0.1, -0.05) is 31.5 Å². The molecule has 0 aliphatic rings. The molecule has 1 aromatic carbocycles. The van der Waals surface area contributed by atoms with Gasteiger partial charge in [-0.05, 0) is 31.4 Å². The lowest BCUT2D eigenvalue weighted by molar-refractivity contribution is 0.571. The summed E-state index contributed by atoms with van der Waals surface area (Å²) in [6.45, 7) is 6.58. The van der Waals surface area contributed by atoms with Crippen molar-refractivity contribution < 1.29 is 0 Å². The van der Waals surface area contributed by atoms with E-state index >= 15 is 0 Å². The van der Waals surface area contributed by atoms with Crippen LogP contribution < -0.4 is 0 Å². The number of nitrogens with zero attached hydrogens (tertiary/aromatic N) is 2. The fraction of sp³-hybridized carbons (Fsp3) is 0.400. The summed E-state index contributed by atoms with van der Waals surface area (Å²) in [6, 6.07) is 10.6.